The summed E-state index contributed by atoms with van der Waals surface area (Å²) in [6, 6.07) is 30.9. The van der Waals surface area contributed by atoms with Crippen molar-refractivity contribution in [3.05, 3.63) is 113 Å². The van der Waals surface area contributed by atoms with Crippen LogP contribution >= 0.6 is 0 Å². The first kappa shape index (κ1) is 20.3. The van der Waals surface area contributed by atoms with Crippen molar-refractivity contribution in [2.24, 2.45) is 5.92 Å². The number of aromatic nitrogens is 1. The first-order valence-corrected chi connectivity index (χ1v) is 11.4. The Hall–Kier alpha value is -3.59. The van der Waals surface area contributed by atoms with Crippen LogP contribution in [0.15, 0.2) is 91.0 Å². The molecule has 0 unspecified atom stereocenters. The molecule has 0 fully saturated rings. The summed E-state index contributed by atoms with van der Waals surface area (Å²) in [6.45, 7) is 2.87. The van der Waals surface area contributed by atoms with Gasteiger partial charge in [0.15, 0.2) is 0 Å². The topological polar surface area (TPSA) is 34.0 Å². The zero-order valence-corrected chi connectivity index (χ0v) is 18.4. The first-order valence-electron chi connectivity index (χ1n) is 11.4. The van der Waals surface area contributed by atoms with Crippen molar-refractivity contribution in [2.45, 2.75) is 32.7 Å². The fourth-order valence-corrected chi connectivity index (χ4v) is 4.67. The van der Waals surface area contributed by atoms with Gasteiger partial charge in [-0.2, -0.15) is 0 Å². The fraction of sp³-hybridized carbons (Fsp3) is 0.207. The third kappa shape index (κ3) is 4.11. The predicted molar refractivity (Wildman–Crippen MR) is 130 cm³/mol. The van der Waals surface area contributed by atoms with Crippen molar-refractivity contribution in [2.75, 3.05) is 0 Å². The minimum atomic E-state index is -0.0490. The van der Waals surface area contributed by atoms with Crippen LogP contribution in [0.4, 0.5) is 0 Å². The molecule has 0 aliphatic heterocycles. The molecule has 0 spiro atoms. The number of benzene rings is 3. The molecule has 1 aliphatic rings. The molecule has 5 rings (SSSR count). The molecular weight excluding hydrogens is 392 g/mol. The zero-order valence-electron chi connectivity index (χ0n) is 18.4. The van der Waals surface area contributed by atoms with E-state index in [1.165, 1.54) is 28.9 Å². The highest BCUT2D eigenvalue weighted by Gasteiger charge is 2.23. The molecule has 1 aromatic heterocycles. The summed E-state index contributed by atoms with van der Waals surface area (Å²) in [5.41, 5.74) is 8.19. The number of hydrogen-bond donors (Lipinski definition) is 1. The molecule has 3 aromatic carbocycles. The number of nitrogens with one attached hydrogen (secondary N) is 1. The lowest BCUT2D eigenvalue weighted by molar-refractivity contribution is 0.0951. The van der Waals surface area contributed by atoms with Crippen molar-refractivity contribution in [1.29, 1.82) is 0 Å². The van der Waals surface area contributed by atoms with Gasteiger partial charge >= 0.3 is 0 Å². The molecule has 32 heavy (non-hydrogen) atoms. The summed E-state index contributed by atoms with van der Waals surface area (Å²) in [6.07, 6.45) is 3.43. The number of carbonyl (C=O) groups is 1. The lowest BCUT2D eigenvalue weighted by atomic mass is 9.89. The van der Waals surface area contributed by atoms with Crippen LogP contribution < -0.4 is 5.32 Å². The van der Waals surface area contributed by atoms with Gasteiger partial charge in [-0.3, -0.25) is 4.79 Å². The van der Waals surface area contributed by atoms with Crippen molar-refractivity contribution in [3.63, 3.8) is 0 Å². The quantitative estimate of drug-likeness (QED) is 0.410. The van der Waals surface area contributed by atoms with E-state index in [2.05, 4.69) is 65.3 Å². The van der Waals surface area contributed by atoms with Gasteiger partial charge in [0.2, 0.25) is 0 Å². The van der Waals surface area contributed by atoms with Crippen molar-refractivity contribution in [1.82, 2.24) is 9.88 Å². The largest absolute Gasteiger partial charge is 0.348 e. The number of hydrogen-bond acceptors (Lipinski definition) is 1. The SMILES string of the molecule is C[C@@H]1CCc2c(cc(-c3ccccc3)n2-c2ccc(C(=O)NCc3ccccc3)cc2)C1. The van der Waals surface area contributed by atoms with Gasteiger partial charge in [-0.1, -0.05) is 67.6 Å². The van der Waals surface area contributed by atoms with Crippen LogP contribution in [0.3, 0.4) is 0 Å². The predicted octanol–water partition coefficient (Wildman–Crippen LogP) is 6.20. The average molecular weight is 421 g/mol. The van der Waals surface area contributed by atoms with E-state index in [-0.39, 0.29) is 5.91 Å². The van der Waals surface area contributed by atoms with Crippen LogP contribution in [0.25, 0.3) is 16.9 Å². The van der Waals surface area contributed by atoms with Gasteiger partial charge in [0.05, 0.1) is 5.69 Å². The molecule has 4 aromatic rings. The summed E-state index contributed by atoms with van der Waals surface area (Å²) < 4.78 is 2.39. The molecule has 160 valence electrons. The highest BCUT2D eigenvalue weighted by molar-refractivity contribution is 5.94. The monoisotopic (exact) mass is 420 g/mol. The second kappa shape index (κ2) is 8.88. The molecule has 1 heterocycles. The molecule has 1 atom stereocenters. The Kier molecular flexibility index (Phi) is 5.64. The molecule has 1 N–H and O–H groups in total. The maximum absolute atomic E-state index is 12.7. The molecule has 3 heteroatoms. The smallest absolute Gasteiger partial charge is 0.251 e. The number of amides is 1. The standard InChI is InChI=1S/C29H28N2O/c1-21-12-17-27-25(18-21)19-28(23-10-6-3-7-11-23)31(27)26-15-13-24(14-16-26)29(32)30-20-22-8-4-2-5-9-22/h2-11,13-16,19,21H,12,17-18,20H2,1H3,(H,30,32)/t21-/m1/s1. The number of carbonyl (C=O) groups excluding carboxylic acids is 1. The van der Waals surface area contributed by atoms with Crippen LogP contribution in [0.5, 0.6) is 0 Å². The summed E-state index contributed by atoms with van der Waals surface area (Å²) in [7, 11) is 0. The molecule has 0 bridgehead atoms. The van der Waals surface area contributed by atoms with Crippen LogP contribution in [0.1, 0.15) is 40.5 Å². The number of fused-ring (bicyclic) bond motifs is 1. The van der Waals surface area contributed by atoms with E-state index < -0.39 is 0 Å². The Labute approximate surface area is 189 Å². The van der Waals surface area contributed by atoms with Gasteiger partial charge in [0.1, 0.15) is 0 Å². The van der Waals surface area contributed by atoms with Crippen LogP contribution in [-0.4, -0.2) is 10.5 Å². The van der Waals surface area contributed by atoms with E-state index in [0.717, 1.165) is 30.0 Å². The van der Waals surface area contributed by atoms with E-state index in [1.54, 1.807) is 0 Å². The fourth-order valence-electron chi connectivity index (χ4n) is 4.67. The van der Waals surface area contributed by atoms with Gasteiger partial charge in [0, 0.05) is 23.5 Å². The first-order chi connectivity index (χ1) is 15.7. The molecule has 3 nitrogen and oxygen atoms in total. The summed E-state index contributed by atoms with van der Waals surface area (Å²) in [4.78, 5) is 12.7. The highest BCUT2D eigenvalue weighted by Crippen LogP contribution is 2.35. The third-order valence-electron chi connectivity index (χ3n) is 6.39. The van der Waals surface area contributed by atoms with E-state index in [0.29, 0.717) is 12.1 Å². The summed E-state index contributed by atoms with van der Waals surface area (Å²) >= 11 is 0. The average Bonchev–Trinajstić information content (AvgIpc) is 3.22. The second-order valence-electron chi connectivity index (χ2n) is 8.77. The van der Waals surface area contributed by atoms with Gasteiger partial charge in [0.25, 0.3) is 5.91 Å². The Bertz CT molecular complexity index is 1210. The maximum Gasteiger partial charge on any atom is 0.251 e. The van der Waals surface area contributed by atoms with Crippen molar-refractivity contribution < 1.29 is 4.79 Å². The van der Waals surface area contributed by atoms with Crippen LogP contribution in [0.2, 0.25) is 0 Å². The van der Waals surface area contributed by atoms with Crippen LogP contribution in [0, 0.1) is 5.92 Å². The Balaban J connectivity index is 1.44. The molecule has 1 aliphatic carbocycles. The zero-order chi connectivity index (χ0) is 21.9. The van der Waals surface area contributed by atoms with E-state index in [9.17, 15) is 4.79 Å². The molecule has 0 saturated heterocycles. The Morgan fingerprint density at radius 1 is 0.938 bits per heavy atom. The number of nitrogens with zero attached hydrogens (tertiary/aromatic N) is 1. The van der Waals surface area contributed by atoms with Crippen molar-refractivity contribution in [3.8, 4) is 16.9 Å². The molecular formula is C29H28N2O. The highest BCUT2D eigenvalue weighted by atomic mass is 16.1. The minimum absolute atomic E-state index is 0.0490. The van der Waals surface area contributed by atoms with E-state index >= 15 is 0 Å². The molecule has 0 radical (unpaired) electrons. The Morgan fingerprint density at radius 2 is 1.62 bits per heavy atom. The minimum Gasteiger partial charge on any atom is -0.348 e. The van der Waals surface area contributed by atoms with Crippen LogP contribution in [-0.2, 0) is 19.4 Å². The lowest BCUT2D eigenvalue weighted by Gasteiger charge is -2.21. The molecule has 1 amide bonds. The van der Waals surface area contributed by atoms with E-state index in [1.807, 2.05) is 42.5 Å². The maximum atomic E-state index is 12.7. The lowest BCUT2D eigenvalue weighted by Crippen LogP contribution is -2.22. The van der Waals surface area contributed by atoms with Gasteiger partial charge < -0.3 is 9.88 Å². The number of rotatable bonds is 5. The van der Waals surface area contributed by atoms with Gasteiger partial charge in [-0.05, 0) is 72.2 Å². The summed E-state index contributed by atoms with van der Waals surface area (Å²) in [5, 5.41) is 3.02. The second-order valence-corrected chi connectivity index (χ2v) is 8.77. The Morgan fingerprint density at radius 3 is 2.34 bits per heavy atom. The normalized spacial score (nSPS) is 15.2. The van der Waals surface area contributed by atoms with Gasteiger partial charge in [-0.15, -0.1) is 0 Å². The van der Waals surface area contributed by atoms with Crippen molar-refractivity contribution >= 4 is 5.91 Å². The molecule has 0 saturated carbocycles. The van der Waals surface area contributed by atoms with E-state index in [4.69, 9.17) is 0 Å². The third-order valence-corrected chi connectivity index (χ3v) is 6.39. The summed E-state index contributed by atoms with van der Waals surface area (Å²) in [5.74, 6) is 0.671. The van der Waals surface area contributed by atoms with Gasteiger partial charge in [-0.25, -0.2) is 0 Å².